The normalized spacial score (nSPS) is 26.8. The number of amides is 1. The van der Waals surface area contributed by atoms with Crippen molar-refractivity contribution in [2.24, 2.45) is 0 Å². The van der Waals surface area contributed by atoms with E-state index >= 15 is 0 Å². The second kappa shape index (κ2) is 6.12. The van der Waals surface area contributed by atoms with Crippen LogP contribution in [0.5, 0.6) is 0 Å². The third kappa shape index (κ3) is 2.82. The molecule has 2 unspecified atom stereocenters. The van der Waals surface area contributed by atoms with E-state index in [0.29, 0.717) is 13.2 Å². The molecule has 0 radical (unpaired) electrons. The molecule has 0 spiro atoms. The molecule has 20 heavy (non-hydrogen) atoms. The van der Waals surface area contributed by atoms with Gasteiger partial charge in [-0.1, -0.05) is 23.7 Å². The summed E-state index contributed by atoms with van der Waals surface area (Å²) in [6.45, 7) is 2.86. The van der Waals surface area contributed by atoms with Gasteiger partial charge in [-0.2, -0.15) is 0 Å². The third-order valence-corrected chi connectivity index (χ3v) is 4.25. The molecule has 108 valence electrons. The van der Waals surface area contributed by atoms with E-state index in [1.54, 1.807) is 0 Å². The highest BCUT2D eigenvalue weighted by molar-refractivity contribution is 6.30. The largest absolute Gasteiger partial charge is 0.366 e. The summed E-state index contributed by atoms with van der Waals surface area (Å²) in [6, 6.07) is 7.95. The molecule has 4 nitrogen and oxygen atoms in total. The van der Waals surface area contributed by atoms with Crippen molar-refractivity contribution in [3.8, 4) is 0 Å². The third-order valence-electron chi connectivity index (χ3n) is 3.99. The van der Waals surface area contributed by atoms with Gasteiger partial charge in [-0.3, -0.25) is 4.79 Å². The van der Waals surface area contributed by atoms with Crippen LogP contribution < -0.4 is 5.32 Å². The molecule has 2 heterocycles. The van der Waals surface area contributed by atoms with Crippen molar-refractivity contribution in [1.29, 1.82) is 0 Å². The minimum atomic E-state index is -0.336. The average molecular weight is 295 g/mol. The van der Waals surface area contributed by atoms with Crippen molar-refractivity contribution in [3.63, 3.8) is 0 Å². The Hall–Kier alpha value is -1.10. The van der Waals surface area contributed by atoms with E-state index in [9.17, 15) is 4.79 Å². The lowest BCUT2D eigenvalue weighted by Gasteiger charge is -2.31. The van der Waals surface area contributed by atoms with Gasteiger partial charge in [0.2, 0.25) is 0 Å². The number of carbonyl (C=O) groups excluding carboxylic acids is 1. The SMILES string of the molecule is O=C(C1CNCCO1)N1CCCC1c1ccc(Cl)cc1. The summed E-state index contributed by atoms with van der Waals surface area (Å²) in [5, 5.41) is 3.94. The average Bonchev–Trinajstić information content (AvgIpc) is 2.97. The lowest BCUT2D eigenvalue weighted by Crippen LogP contribution is -2.49. The molecule has 0 saturated carbocycles. The van der Waals surface area contributed by atoms with E-state index in [-0.39, 0.29) is 18.1 Å². The van der Waals surface area contributed by atoms with Crippen LogP contribution in [0.4, 0.5) is 0 Å². The van der Waals surface area contributed by atoms with Gasteiger partial charge in [0, 0.05) is 24.7 Å². The van der Waals surface area contributed by atoms with Crippen LogP contribution in [0.2, 0.25) is 5.02 Å². The van der Waals surface area contributed by atoms with Crippen molar-refractivity contribution < 1.29 is 9.53 Å². The van der Waals surface area contributed by atoms with E-state index in [4.69, 9.17) is 16.3 Å². The number of morpholine rings is 1. The summed E-state index contributed by atoms with van der Waals surface area (Å²) < 4.78 is 5.58. The van der Waals surface area contributed by atoms with E-state index in [2.05, 4.69) is 5.32 Å². The Labute approximate surface area is 124 Å². The molecule has 1 aromatic rings. The van der Waals surface area contributed by atoms with E-state index < -0.39 is 0 Å². The fourth-order valence-electron chi connectivity index (χ4n) is 2.97. The molecule has 1 N–H and O–H groups in total. The summed E-state index contributed by atoms with van der Waals surface area (Å²) >= 11 is 5.93. The molecule has 3 rings (SSSR count). The van der Waals surface area contributed by atoms with Crippen molar-refractivity contribution in [2.45, 2.75) is 25.0 Å². The summed E-state index contributed by atoms with van der Waals surface area (Å²) in [5.74, 6) is 0.106. The number of ether oxygens (including phenoxy) is 1. The number of rotatable bonds is 2. The van der Waals surface area contributed by atoms with Gasteiger partial charge in [0.05, 0.1) is 12.6 Å². The number of nitrogens with zero attached hydrogens (tertiary/aromatic N) is 1. The first-order valence-corrected chi connectivity index (χ1v) is 7.52. The molecule has 5 heteroatoms. The van der Waals surface area contributed by atoms with Crippen LogP contribution in [0.15, 0.2) is 24.3 Å². The maximum Gasteiger partial charge on any atom is 0.253 e. The topological polar surface area (TPSA) is 41.6 Å². The second-order valence-corrected chi connectivity index (χ2v) is 5.74. The lowest BCUT2D eigenvalue weighted by atomic mass is 10.0. The molecule has 2 atom stereocenters. The standard InChI is InChI=1S/C15H19ClN2O2/c16-12-5-3-11(4-6-12)13-2-1-8-18(13)15(19)14-10-17-7-9-20-14/h3-6,13-14,17H,1-2,7-10H2. The number of hydrogen-bond acceptors (Lipinski definition) is 3. The van der Waals surface area contributed by atoms with Crippen molar-refractivity contribution >= 4 is 17.5 Å². The van der Waals surface area contributed by atoms with E-state index in [1.807, 2.05) is 29.2 Å². The van der Waals surface area contributed by atoms with Crippen LogP contribution in [0.1, 0.15) is 24.4 Å². The number of hydrogen-bond donors (Lipinski definition) is 1. The van der Waals surface area contributed by atoms with Gasteiger partial charge in [-0.15, -0.1) is 0 Å². The molecule has 0 bridgehead atoms. The highest BCUT2D eigenvalue weighted by Gasteiger charge is 2.34. The van der Waals surface area contributed by atoms with Gasteiger partial charge in [0.25, 0.3) is 5.91 Å². The van der Waals surface area contributed by atoms with Crippen LogP contribution in [-0.2, 0) is 9.53 Å². The van der Waals surface area contributed by atoms with Crippen LogP contribution in [0.3, 0.4) is 0 Å². The zero-order valence-corrected chi connectivity index (χ0v) is 12.1. The number of halogens is 1. The van der Waals surface area contributed by atoms with Crippen molar-refractivity contribution in [3.05, 3.63) is 34.9 Å². The predicted octanol–water partition coefficient (Wildman–Crippen LogP) is 1.99. The Morgan fingerprint density at radius 3 is 2.85 bits per heavy atom. The maximum absolute atomic E-state index is 12.6. The molecule has 2 aliphatic rings. The summed E-state index contributed by atoms with van der Waals surface area (Å²) in [6.07, 6.45) is 1.71. The molecular weight excluding hydrogens is 276 g/mol. The molecule has 2 aliphatic heterocycles. The van der Waals surface area contributed by atoms with Gasteiger partial charge in [-0.05, 0) is 30.5 Å². The smallest absolute Gasteiger partial charge is 0.253 e. The number of likely N-dealkylation sites (tertiary alicyclic amines) is 1. The van der Waals surface area contributed by atoms with Crippen LogP contribution in [0.25, 0.3) is 0 Å². The second-order valence-electron chi connectivity index (χ2n) is 5.30. The minimum absolute atomic E-state index is 0.106. The molecule has 1 aromatic carbocycles. The van der Waals surface area contributed by atoms with Crippen molar-refractivity contribution in [1.82, 2.24) is 10.2 Å². The van der Waals surface area contributed by atoms with E-state index in [1.165, 1.54) is 0 Å². The Morgan fingerprint density at radius 2 is 2.15 bits per heavy atom. The molecule has 2 saturated heterocycles. The Morgan fingerprint density at radius 1 is 1.35 bits per heavy atom. The van der Waals surface area contributed by atoms with Crippen molar-refractivity contribution in [2.75, 3.05) is 26.2 Å². The predicted molar refractivity (Wildman–Crippen MR) is 77.7 cm³/mol. The molecule has 1 amide bonds. The van der Waals surface area contributed by atoms with Gasteiger partial charge in [0.1, 0.15) is 6.10 Å². The summed E-state index contributed by atoms with van der Waals surface area (Å²) in [5.41, 5.74) is 1.16. The quantitative estimate of drug-likeness (QED) is 0.907. The zero-order valence-electron chi connectivity index (χ0n) is 11.3. The number of benzene rings is 1. The first kappa shape index (κ1) is 13.9. The first-order chi connectivity index (χ1) is 9.75. The van der Waals surface area contributed by atoms with Crippen LogP contribution in [0, 0.1) is 0 Å². The van der Waals surface area contributed by atoms with Gasteiger partial charge in [0.15, 0.2) is 0 Å². The van der Waals surface area contributed by atoms with Crippen LogP contribution >= 0.6 is 11.6 Å². The Kier molecular flexibility index (Phi) is 4.24. The molecule has 0 aromatic heterocycles. The minimum Gasteiger partial charge on any atom is -0.366 e. The Balaban J connectivity index is 1.74. The fraction of sp³-hybridized carbons (Fsp3) is 0.533. The van der Waals surface area contributed by atoms with E-state index in [0.717, 1.165) is 36.5 Å². The van der Waals surface area contributed by atoms with Gasteiger partial charge >= 0.3 is 0 Å². The molecular formula is C15H19ClN2O2. The molecule has 2 fully saturated rings. The monoisotopic (exact) mass is 294 g/mol. The zero-order chi connectivity index (χ0) is 13.9. The number of carbonyl (C=O) groups is 1. The lowest BCUT2D eigenvalue weighted by molar-refractivity contribution is -0.146. The summed E-state index contributed by atoms with van der Waals surface area (Å²) in [7, 11) is 0. The summed E-state index contributed by atoms with van der Waals surface area (Å²) in [4.78, 5) is 14.5. The van der Waals surface area contributed by atoms with Gasteiger partial charge < -0.3 is 15.0 Å². The van der Waals surface area contributed by atoms with Gasteiger partial charge in [-0.25, -0.2) is 0 Å². The fourth-order valence-corrected chi connectivity index (χ4v) is 3.10. The highest BCUT2D eigenvalue weighted by Crippen LogP contribution is 2.33. The maximum atomic E-state index is 12.6. The number of nitrogens with one attached hydrogen (secondary N) is 1. The first-order valence-electron chi connectivity index (χ1n) is 7.14. The molecule has 0 aliphatic carbocycles. The van der Waals surface area contributed by atoms with Crippen LogP contribution in [-0.4, -0.2) is 43.2 Å². The highest BCUT2D eigenvalue weighted by atomic mass is 35.5. The Bertz CT molecular complexity index is 471.